The Hall–Kier alpha value is -2.68. The van der Waals surface area contributed by atoms with Crippen LogP contribution in [-0.4, -0.2) is 10.8 Å². The molecule has 2 aromatic carbocycles. The zero-order valence-electron chi connectivity index (χ0n) is 12.2. The van der Waals surface area contributed by atoms with Crippen molar-refractivity contribution in [2.24, 2.45) is 0 Å². The summed E-state index contributed by atoms with van der Waals surface area (Å²) in [7, 11) is 0. The Kier molecular flexibility index (Phi) is 2.93. The van der Waals surface area contributed by atoms with Gasteiger partial charge in [0.1, 0.15) is 11.9 Å². The average Bonchev–Trinajstić information content (AvgIpc) is 2.55. The van der Waals surface area contributed by atoms with Gasteiger partial charge in [-0.3, -0.25) is 4.79 Å². The van der Waals surface area contributed by atoms with Gasteiger partial charge >= 0.3 is 0 Å². The number of rotatable bonds is 1. The van der Waals surface area contributed by atoms with Crippen molar-refractivity contribution < 1.29 is 9.53 Å². The number of nitrogens with zero attached hydrogens (tertiary/aromatic N) is 1. The number of ether oxygens (including phenoxy) is 1. The van der Waals surface area contributed by atoms with Crippen LogP contribution in [0.5, 0.6) is 5.75 Å². The van der Waals surface area contributed by atoms with Gasteiger partial charge in [0.2, 0.25) is 0 Å². The molecule has 0 N–H and O–H groups in total. The van der Waals surface area contributed by atoms with Crippen LogP contribution < -0.4 is 4.74 Å². The standard InChI is InChI=1S/C19H15NO2/c1-12-10-16(20-15-8-4-2-6-13(12)15)19-11-17(21)14-7-3-5-9-18(14)22-19/h2-10,19H,11H2,1H3. The molecule has 0 aliphatic carbocycles. The topological polar surface area (TPSA) is 39.2 Å². The van der Waals surface area contributed by atoms with Crippen molar-refractivity contribution in [3.8, 4) is 5.75 Å². The minimum Gasteiger partial charge on any atom is -0.483 e. The fourth-order valence-electron chi connectivity index (χ4n) is 2.98. The third kappa shape index (κ3) is 2.06. The molecule has 1 aromatic heterocycles. The number of aryl methyl sites for hydroxylation is 1. The lowest BCUT2D eigenvalue weighted by Gasteiger charge is -2.25. The van der Waals surface area contributed by atoms with Crippen LogP contribution in [0.15, 0.2) is 54.6 Å². The number of carbonyl (C=O) groups excluding carboxylic acids is 1. The first-order valence-corrected chi connectivity index (χ1v) is 7.37. The van der Waals surface area contributed by atoms with E-state index in [9.17, 15) is 4.79 Å². The molecule has 0 amide bonds. The SMILES string of the molecule is Cc1cc(C2CC(=O)c3ccccc3O2)nc2ccccc12. The maximum absolute atomic E-state index is 12.3. The molecule has 4 rings (SSSR count). The number of hydrogen-bond acceptors (Lipinski definition) is 3. The zero-order valence-corrected chi connectivity index (χ0v) is 12.2. The van der Waals surface area contributed by atoms with E-state index >= 15 is 0 Å². The molecular weight excluding hydrogens is 274 g/mol. The summed E-state index contributed by atoms with van der Waals surface area (Å²) in [6.45, 7) is 2.06. The first-order chi connectivity index (χ1) is 10.7. The first-order valence-electron chi connectivity index (χ1n) is 7.37. The summed E-state index contributed by atoms with van der Waals surface area (Å²) in [6.07, 6.45) is 0.0210. The van der Waals surface area contributed by atoms with Crippen LogP contribution in [0.25, 0.3) is 10.9 Å². The number of Topliss-reactive ketones (excluding diaryl/α,β-unsaturated/α-hetero) is 1. The van der Waals surface area contributed by atoms with Gasteiger partial charge in [0.25, 0.3) is 0 Å². The molecule has 3 nitrogen and oxygen atoms in total. The largest absolute Gasteiger partial charge is 0.483 e. The number of fused-ring (bicyclic) bond motifs is 2. The number of hydrogen-bond donors (Lipinski definition) is 0. The van der Waals surface area contributed by atoms with E-state index in [0.29, 0.717) is 17.7 Å². The Balaban J connectivity index is 1.79. The minimum absolute atomic E-state index is 0.111. The van der Waals surface area contributed by atoms with Gasteiger partial charge in [-0.25, -0.2) is 4.98 Å². The molecule has 0 radical (unpaired) electrons. The summed E-state index contributed by atoms with van der Waals surface area (Å²) >= 11 is 0. The van der Waals surface area contributed by atoms with E-state index < -0.39 is 0 Å². The summed E-state index contributed by atoms with van der Waals surface area (Å²) in [5, 5.41) is 1.13. The van der Waals surface area contributed by atoms with E-state index in [1.807, 2.05) is 48.5 Å². The van der Waals surface area contributed by atoms with Crippen molar-refractivity contribution in [1.82, 2.24) is 4.98 Å². The van der Waals surface area contributed by atoms with Crippen LogP contribution in [0, 0.1) is 6.92 Å². The van der Waals surface area contributed by atoms with Gasteiger partial charge in [-0.05, 0) is 36.8 Å². The molecule has 0 bridgehead atoms. The van der Waals surface area contributed by atoms with E-state index in [4.69, 9.17) is 4.74 Å². The number of benzene rings is 2. The second-order valence-corrected chi connectivity index (χ2v) is 5.61. The molecule has 1 aliphatic rings. The lowest BCUT2D eigenvalue weighted by atomic mass is 9.97. The van der Waals surface area contributed by atoms with Crippen molar-refractivity contribution in [2.45, 2.75) is 19.4 Å². The Morgan fingerprint density at radius 2 is 1.86 bits per heavy atom. The number of carbonyl (C=O) groups is 1. The van der Waals surface area contributed by atoms with Crippen LogP contribution in [-0.2, 0) is 0 Å². The fourth-order valence-corrected chi connectivity index (χ4v) is 2.98. The van der Waals surface area contributed by atoms with Crippen molar-refractivity contribution in [3.05, 3.63) is 71.4 Å². The molecule has 0 fully saturated rings. The van der Waals surface area contributed by atoms with Crippen LogP contribution in [0.3, 0.4) is 0 Å². The van der Waals surface area contributed by atoms with Gasteiger partial charge in [0.15, 0.2) is 5.78 Å². The second kappa shape index (κ2) is 4.95. The lowest BCUT2D eigenvalue weighted by Crippen LogP contribution is -2.21. The van der Waals surface area contributed by atoms with E-state index in [0.717, 1.165) is 22.2 Å². The normalized spacial score (nSPS) is 17.1. The first kappa shape index (κ1) is 13.0. The molecule has 0 spiro atoms. The van der Waals surface area contributed by atoms with Gasteiger partial charge in [0, 0.05) is 5.39 Å². The van der Waals surface area contributed by atoms with Crippen molar-refractivity contribution in [3.63, 3.8) is 0 Å². The van der Waals surface area contributed by atoms with Crippen LogP contribution >= 0.6 is 0 Å². The van der Waals surface area contributed by atoms with E-state index in [1.54, 1.807) is 0 Å². The van der Waals surface area contributed by atoms with Crippen LogP contribution in [0.4, 0.5) is 0 Å². The average molecular weight is 289 g/mol. The monoisotopic (exact) mass is 289 g/mol. The highest BCUT2D eigenvalue weighted by Gasteiger charge is 2.28. The minimum atomic E-state index is -0.314. The van der Waals surface area contributed by atoms with Crippen LogP contribution in [0.1, 0.15) is 34.1 Å². The van der Waals surface area contributed by atoms with Gasteiger partial charge in [-0.15, -0.1) is 0 Å². The highest BCUT2D eigenvalue weighted by atomic mass is 16.5. The molecule has 1 unspecified atom stereocenters. The van der Waals surface area contributed by atoms with Crippen LogP contribution in [0.2, 0.25) is 0 Å². The Bertz CT molecular complexity index is 885. The Morgan fingerprint density at radius 1 is 1.09 bits per heavy atom. The van der Waals surface area contributed by atoms with Gasteiger partial charge in [0.05, 0.1) is 23.2 Å². The molecule has 108 valence electrons. The number of aromatic nitrogens is 1. The summed E-state index contributed by atoms with van der Waals surface area (Å²) in [4.78, 5) is 17.0. The molecule has 0 saturated heterocycles. The number of para-hydroxylation sites is 2. The maximum Gasteiger partial charge on any atom is 0.170 e. The zero-order chi connectivity index (χ0) is 15.1. The molecule has 3 aromatic rings. The van der Waals surface area contributed by atoms with Crippen molar-refractivity contribution in [2.75, 3.05) is 0 Å². The highest BCUT2D eigenvalue weighted by Crippen LogP contribution is 2.35. The molecular formula is C19H15NO2. The Labute approximate surface area is 128 Å². The summed E-state index contributed by atoms with van der Waals surface area (Å²) in [6, 6.07) is 17.4. The molecule has 3 heteroatoms. The molecule has 2 heterocycles. The van der Waals surface area contributed by atoms with Crippen molar-refractivity contribution in [1.29, 1.82) is 0 Å². The number of ketones is 1. The van der Waals surface area contributed by atoms with E-state index in [1.165, 1.54) is 0 Å². The van der Waals surface area contributed by atoms with Gasteiger partial charge < -0.3 is 4.74 Å². The number of pyridine rings is 1. The Morgan fingerprint density at radius 3 is 2.77 bits per heavy atom. The quantitative estimate of drug-likeness (QED) is 0.672. The predicted octanol–water partition coefficient (Wildman–Crippen LogP) is 4.25. The fraction of sp³-hybridized carbons (Fsp3) is 0.158. The van der Waals surface area contributed by atoms with Crippen molar-refractivity contribution >= 4 is 16.7 Å². The second-order valence-electron chi connectivity index (χ2n) is 5.61. The van der Waals surface area contributed by atoms with E-state index in [2.05, 4.69) is 18.0 Å². The molecule has 22 heavy (non-hydrogen) atoms. The van der Waals surface area contributed by atoms with Gasteiger partial charge in [-0.2, -0.15) is 0 Å². The molecule has 1 atom stereocenters. The third-order valence-electron chi connectivity index (χ3n) is 4.10. The predicted molar refractivity (Wildman–Crippen MR) is 85.2 cm³/mol. The highest BCUT2D eigenvalue weighted by molar-refractivity contribution is 6.00. The van der Waals surface area contributed by atoms with Gasteiger partial charge in [-0.1, -0.05) is 30.3 Å². The summed E-state index contributed by atoms with van der Waals surface area (Å²) in [5.74, 6) is 0.760. The summed E-state index contributed by atoms with van der Waals surface area (Å²) in [5.41, 5.74) is 3.57. The lowest BCUT2D eigenvalue weighted by molar-refractivity contribution is 0.0845. The van der Waals surface area contributed by atoms with E-state index in [-0.39, 0.29) is 11.9 Å². The molecule has 1 aliphatic heterocycles. The molecule has 0 saturated carbocycles. The summed E-state index contributed by atoms with van der Waals surface area (Å²) < 4.78 is 6.01. The maximum atomic E-state index is 12.3. The third-order valence-corrected chi connectivity index (χ3v) is 4.10. The smallest absolute Gasteiger partial charge is 0.170 e.